The van der Waals surface area contributed by atoms with E-state index in [1.165, 1.54) is 0 Å². The van der Waals surface area contributed by atoms with Crippen LogP contribution in [0.15, 0.2) is 42.5 Å². The van der Waals surface area contributed by atoms with Crippen molar-refractivity contribution in [1.82, 2.24) is 0 Å². The Morgan fingerprint density at radius 3 is 2.04 bits per heavy atom. The molecule has 2 unspecified atom stereocenters. The van der Waals surface area contributed by atoms with E-state index in [1.54, 1.807) is 25.3 Å². The van der Waals surface area contributed by atoms with Crippen LogP contribution in [0, 0.1) is 0 Å². The number of methoxy groups -OCH3 is 1. The Kier molecular flexibility index (Phi) is 7.10. The molecule has 25 heavy (non-hydrogen) atoms. The van der Waals surface area contributed by atoms with Crippen molar-refractivity contribution in [2.24, 2.45) is 0 Å². The molecule has 2 aromatic rings. The van der Waals surface area contributed by atoms with Gasteiger partial charge in [-0.25, -0.2) is 0 Å². The lowest BCUT2D eigenvalue weighted by molar-refractivity contribution is 0.106. The molecule has 2 rings (SSSR count). The summed E-state index contributed by atoms with van der Waals surface area (Å²) in [6.45, 7) is 4.66. The summed E-state index contributed by atoms with van der Waals surface area (Å²) in [5.74, 6) is 1.52. The SMILES string of the molecule is CCOc1ccc(C(O)C(CO)c2ccc(OC)cc2)cc1OCC. The minimum Gasteiger partial charge on any atom is -0.497 e. The summed E-state index contributed by atoms with van der Waals surface area (Å²) < 4.78 is 16.3. The molecule has 5 heteroatoms. The largest absolute Gasteiger partial charge is 0.497 e. The molecule has 0 aliphatic heterocycles. The summed E-state index contributed by atoms with van der Waals surface area (Å²) in [6.07, 6.45) is -0.867. The Labute approximate surface area is 148 Å². The summed E-state index contributed by atoms with van der Waals surface area (Å²) in [6, 6.07) is 12.7. The molecule has 2 aromatic carbocycles. The average molecular weight is 346 g/mol. The van der Waals surface area contributed by atoms with Crippen molar-refractivity contribution in [2.75, 3.05) is 26.9 Å². The molecule has 0 saturated carbocycles. The van der Waals surface area contributed by atoms with Gasteiger partial charge in [0.1, 0.15) is 5.75 Å². The lowest BCUT2D eigenvalue weighted by Crippen LogP contribution is -2.15. The van der Waals surface area contributed by atoms with Crippen LogP contribution in [0.5, 0.6) is 17.2 Å². The molecule has 0 aliphatic rings. The first kappa shape index (κ1) is 19.1. The molecular formula is C20H26O5. The molecule has 5 nitrogen and oxygen atoms in total. The lowest BCUT2D eigenvalue weighted by atomic mass is 9.89. The van der Waals surface area contributed by atoms with E-state index >= 15 is 0 Å². The average Bonchev–Trinajstić information content (AvgIpc) is 2.64. The van der Waals surface area contributed by atoms with Crippen LogP contribution >= 0.6 is 0 Å². The van der Waals surface area contributed by atoms with Gasteiger partial charge in [0.2, 0.25) is 0 Å². The van der Waals surface area contributed by atoms with Crippen molar-refractivity contribution < 1.29 is 24.4 Å². The molecule has 0 fully saturated rings. The number of hydrogen-bond acceptors (Lipinski definition) is 5. The smallest absolute Gasteiger partial charge is 0.161 e. The van der Waals surface area contributed by atoms with Crippen LogP contribution in [0.4, 0.5) is 0 Å². The van der Waals surface area contributed by atoms with Crippen LogP contribution in [-0.4, -0.2) is 37.1 Å². The zero-order valence-corrected chi connectivity index (χ0v) is 14.9. The second-order valence-electron chi connectivity index (χ2n) is 5.58. The summed E-state index contributed by atoms with van der Waals surface area (Å²) in [7, 11) is 1.60. The highest BCUT2D eigenvalue weighted by molar-refractivity contribution is 5.44. The highest BCUT2D eigenvalue weighted by atomic mass is 16.5. The van der Waals surface area contributed by atoms with Crippen LogP contribution in [0.3, 0.4) is 0 Å². The van der Waals surface area contributed by atoms with E-state index in [0.717, 1.165) is 11.3 Å². The summed E-state index contributed by atoms with van der Waals surface area (Å²) in [4.78, 5) is 0. The first-order chi connectivity index (χ1) is 12.1. The predicted octanol–water partition coefficient (Wildman–Crippen LogP) is 3.30. The Hall–Kier alpha value is -2.24. The van der Waals surface area contributed by atoms with Crippen molar-refractivity contribution in [3.63, 3.8) is 0 Å². The molecule has 0 aromatic heterocycles. The molecule has 2 N–H and O–H groups in total. The zero-order chi connectivity index (χ0) is 18.2. The fourth-order valence-electron chi connectivity index (χ4n) is 2.72. The lowest BCUT2D eigenvalue weighted by Gasteiger charge is -2.23. The number of aliphatic hydroxyl groups is 2. The number of aliphatic hydroxyl groups excluding tert-OH is 2. The van der Waals surface area contributed by atoms with Gasteiger partial charge in [-0.15, -0.1) is 0 Å². The van der Waals surface area contributed by atoms with Crippen molar-refractivity contribution in [3.05, 3.63) is 53.6 Å². The van der Waals surface area contributed by atoms with Crippen molar-refractivity contribution >= 4 is 0 Å². The third-order valence-electron chi connectivity index (χ3n) is 4.03. The Morgan fingerprint density at radius 2 is 1.48 bits per heavy atom. The van der Waals surface area contributed by atoms with Gasteiger partial charge in [0.25, 0.3) is 0 Å². The van der Waals surface area contributed by atoms with Crippen molar-refractivity contribution in [2.45, 2.75) is 25.9 Å². The second kappa shape index (κ2) is 9.30. The topological polar surface area (TPSA) is 68.2 Å². The van der Waals surface area contributed by atoms with Crippen LogP contribution in [0.1, 0.15) is 37.0 Å². The number of ether oxygens (including phenoxy) is 3. The van der Waals surface area contributed by atoms with Gasteiger partial charge < -0.3 is 24.4 Å². The maximum atomic E-state index is 10.8. The fourth-order valence-corrected chi connectivity index (χ4v) is 2.72. The standard InChI is InChI=1S/C20H26O5/c1-4-24-18-11-8-15(12-19(18)25-5-2)20(22)17(13-21)14-6-9-16(23-3)10-7-14/h6-12,17,20-22H,4-5,13H2,1-3H3. The first-order valence-corrected chi connectivity index (χ1v) is 8.46. The third kappa shape index (κ3) is 4.65. The molecule has 0 radical (unpaired) electrons. The Morgan fingerprint density at radius 1 is 0.880 bits per heavy atom. The summed E-state index contributed by atoms with van der Waals surface area (Å²) >= 11 is 0. The van der Waals surface area contributed by atoms with Gasteiger partial charge >= 0.3 is 0 Å². The number of hydrogen-bond donors (Lipinski definition) is 2. The van der Waals surface area contributed by atoms with Gasteiger partial charge in [-0.1, -0.05) is 18.2 Å². The summed E-state index contributed by atoms with van der Waals surface area (Å²) in [5, 5.41) is 20.6. The van der Waals surface area contributed by atoms with Gasteiger partial charge in [-0.3, -0.25) is 0 Å². The van der Waals surface area contributed by atoms with E-state index in [2.05, 4.69) is 0 Å². The van der Waals surface area contributed by atoms with Crippen molar-refractivity contribution in [3.8, 4) is 17.2 Å². The minimum absolute atomic E-state index is 0.176. The van der Waals surface area contributed by atoms with Gasteiger partial charge in [0.15, 0.2) is 11.5 Å². The Bertz CT molecular complexity index is 654. The molecule has 0 aliphatic carbocycles. The van der Waals surface area contributed by atoms with E-state index in [0.29, 0.717) is 30.3 Å². The highest BCUT2D eigenvalue weighted by Crippen LogP contribution is 2.36. The van der Waals surface area contributed by atoms with E-state index in [9.17, 15) is 10.2 Å². The first-order valence-electron chi connectivity index (χ1n) is 8.46. The van der Waals surface area contributed by atoms with Crippen molar-refractivity contribution in [1.29, 1.82) is 0 Å². The Balaban J connectivity index is 2.29. The maximum Gasteiger partial charge on any atom is 0.161 e. The normalized spacial score (nSPS) is 13.2. The maximum absolute atomic E-state index is 10.8. The quantitative estimate of drug-likeness (QED) is 0.729. The molecular weight excluding hydrogens is 320 g/mol. The molecule has 0 saturated heterocycles. The molecule has 136 valence electrons. The predicted molar refractivity (Wildman–Crippen MR) is 96.6 cm³/mol. The zero-order valence-electron chi connectivity index (χ0n) is 14.9. The van der Waals surface area contributed by atoms with Crippen LogP contribution in [0.2, 0.25) is 0 Å². The molecule has 0 spiro atoms. The number of benzene rings is 2. The van der Waals surface area contributed by atoms with Crippen LogP contribution in [-0.2, 0) is 0 Å². The summed E-state index contributed by atoms with van der Waals surface area (Å²) in [5.41, 5.74) is 1.50. The molecule has 2 atom stereocenters. The second-order valence-corrected chi connectivity index (χ2v) is 5.58. The highest BCUT2D eigenvalue weighted by Gasteiger charge is 2.23. The van der Waals surface area contributed by atoms with Gasteiger partial charge in [-0.2, -0.15) is 0 Å². The van der Waals surface area contributed by atoms with E-state index in [-0.39, 0.29) is 6.61 Å². The molecule has 0 bridgehead atoms. The van der Waals surface area contributed by atoms with E-state index in [1.807, 2.05) is 38.1 Å². The van der Waals surface area contributed by atoms with Crippen LogP contribution < -0.4 is 14.2 Å². The molecule has 0 amide bonds. The molecule has 0 heterocycles. The monoisotopic (exact) mass is 346 g/mol. The van der Waals surface area contributed by atoms with E-state index < -0.39 is 12.0 Å². The van der Waals surface area contributed by atoms with Gasteiger partial charge in [0.05, 0.1) is 33.0 Å². The van der Waals surface area contributed by atoms with E-state index in [4.69, 9.17) is 14.2 Å². The third-order valence-corrected chi connectivity index (χ3v) is 4.03. The van der Waals surface area contributed by atoms with Crippen LogP contribution in [0.25, 0.3) is 0 Å². The number of rotatable bonds is 9. The van der Waals surface area contributed by atoms with Gasteiger partial charge in [-0.05, 0) is 49.2 Å². The van der Waals surface area contributed by atoms with Gasteiger partial charge in [0, 0.05) is 5.92 Å². The minimum atomic E-state index is -0.867. The fraction of sp³-hybridized carbons (Fsp3) is 0.400.